The number of nitrogens with two attached hydrogens (primary N) is 1. The molecule has 0 saturated heterocycles. The number of likely N-dealkylation sites (N-methyl/N-ethyl adjacent to an activating group) is 1. The van der Waals surface area contributed by atoms with E-state index in [1.54, 1.807) is 0 Å². The van der Waals surface area contributed by atoms with E-state index in [0.717, 1.165) is 6.42 Å². The normalized spacial score (nSPS) is 14.1. The van der Waals surface area contributed by atoms with Gasteiger partial charge in [0.1, 0.15) is 0 Å². The van der Waals surface area contributed by atoms with E-state index >= 15 is 0 Å². The second-order valence-electron chi connectivity index (χ2n) is 2.90. The van der Waals surface area contributed by atoms with Crippen molar-refractivity contribution >= 4 is 0 Å². The van der Waals surface area contributed by atoms with E-state index in [9.17, 15) is 0 Å². The van der Waals surface area contributed by atoms with Crippen LogP contribution in [0.15, 0.2) is 24.0 Å². The van der Waals surface area contributed by atoms with Crippen LogP contribution < -0.4 is 16.4 Å². The Morgan fingerprint density at radius 3 is 2.50 bits per heavy atom. The minimum Gasteiger partial charge on any atom is -0.401 e. The molecule has 0 aliphatic heterocycles. The molecule has 1 atom stereocenters. The molecule has 3 heteroatoms. The topological polar surface area (TPSA) is 50.1 Å². The van der Waals surface area contributed by atoms with Gasteiger partial charge < -0.3 is 16.4 Å². The van der Waals surface area contributed by atoms with Crippen LogP contribution in [0.1, 0.15) is 13.3 Å². The van der Waals surface area contributed by atoms with Crippen LogP contribution in [0.4, 0.5) is 0 Å². The quantitative estimate of drug-likeness (QED) is 0.563. The summed E-state index contributed by atoms with van der Waals surface area (Å²) in [4.78, 5) is 0. The fourth-order valence-electron chi connectivity index (χ4n) is 1.05. The van der Waals surface area contributed by atoms with Crippen molar-refractivity contribution in [2.75, 3.05) is 14.1 Å². The smallest absolute Gasteiger partial charge is 0.0497 e. The zero-order valence-electron chi connectivity index (χ0n) is 8.15. The van der Waals surface area contributed by atoms with Crippen molar-refractivity contribution in [3.8, 4) is 0 Å². The molecule has 0 radical (unpaired) electrons. The first-order valence-corrected chi connectivity index (χ1v) is 4.06. The zero-order chi connectivity index (χ0) is 9.56. The Morgan fingerprint density at radius 2 is 2.17 bits per heavy atom. The van der Waals surface area contributed by atoms with Gasteiger partial charge in [-0.15, -0.1) is 0 Å². The van der Waals surface area contributed by atoms with Crippen LogP contribution >= 0.6 is 0 Å². The summed E-state index contributed by atoms with van der Waals surface area (Å²) in [6.07, 6.45) is 2.86. The van der Waals surface area contributed by atoms with Gasteiger partial charge in [-0.2, -0.15) is 0 Å². The third-order valence-electron chi connectivity index (χ3n) is 1.71. The second-order valence-corrected chi connectivity index (χ2v) is 2.90. The Labute approximate surface area is 74.7 Å². The summed E-state index contributed by atoms with van der Waals surface area (Å²) in [5, 5.41) is 6.07. The molecule has 0 spiro atoms. The minimum absolute atomic E-state index is 0.176. The van der Waals surface area contributed by atoms with Gasteiger partial charge in [-0.25, -0.2) is 0 Å². The highest BCUT2D eigenvalue weighted by molar-refractivity contribution is 5.08. The molecule has 0 saturated carbocycles. The fourth-order valence-corrected chi connectivity index (χ4v) is 1.05. The summed E-state index contributed by atoms with van der Waals surface area (Å²) >= 11 is 0. The van der Waals surface area contributed by atoms with Crippen LogP contribution in [0, 0.1) is 0 Å². The molecule has 0 aliphatic carbocycles. The molecule has 4 N–H and O–H groups in total. The van der Waals surface area contributed by atoms with Gasteiger partial charge in [0, 0.05) is 18.8 Å². The molecule has 0 aromatic rings. The molecule has 3 nitrogen and oxygen atoms in total. The summed E-state index contributed by atoms with van der Waals surface area (Å²) in [5.41, 5.74) is 7.52. The van der Waals surface area contributed by atoms with Gasteiger partial charge >= 0.3 is 0 Å². The van der Waals surface area contributed by atoms with Crippen molar-refractivity contribution in [1.82, 2.24) is 10.6 Å². The fraction of sp³-hybridized carbons (Fsp3) is 0.556. The molecule has 1 unspecified atom stereocenters. The summed E-state index contributed by atoms with van der Waals surface area (Å²) < 4.78 is 0. The summed E-state index contributed by atoms with van der Waals surface area (Å²) in [6.45, 7) is 5.77. The molecule has 0 fully saturated rings. The second kappa shape index (κ2) is 5.66. The molecule has 12 heavy (non-hydrogen) atoms. The zero-order valence-corrected chi connectivity index (χ0v) is 8.15. The van der Waals surface area contributed by atoms with Crippen molar-refractivity contribution in [3.63, 3.8) is 0 Å². The number of hydrogen-bond donors (Lipinski definition) is 3. The van der Waals surface area contributed by atoms with Crippen molar-refractivity contribution in [3.05, 3.63) is 24.0 Å². The molecule has 0 aromatic carbocycles. The van der Waals surface area contributed by atoms with Gasteiger partial charge in [-0.1, -0.05) is 12.2 Å². The first-order chi connectivity index (χ1) is 5.61. The highest BCUT2D eigenvalue weighted by Gasteiger charge is 2.06. The highest BCUT2D eigenvalue weighted by atomic mass is 14.9. The molecule has 0 aliphatic rings. The molecule has 0 rings (SSSR count). The first kappa shape index (κ1) is 11.0. The van der Waals surface area contributed by atoms with E-state index in [0.29, 0.717) is 5.70 Å². The van der Waals surface area contributed by atoms with E-state index < -0.39 is 0 Å². The van der Waals surface area contributed by atoms with Crippen molar-refractivity contribution in [2.24, 2.45) is 5.73 Å². The predicted molar refractivity (Wildman–Crippen MR) is 53.6 cm³/mol. The molecule has 0 aromatic heterocycles. The predicted octanol–water partition coefficient (Wildman–Crippen LogP) is 0.560. The number of nitrogens with one attached hydrogen (secondary N) is 2. The van der Waals surface area contributed by atoms with Gasteiger partial charge in [-0.05, 0) is 26.6 Å². The Balaban J connectivity index is 4.02. The Kier molecular flexibility index (Phi) is 5.21. The van der Waals surface area contributed by atoms with Gasteiger partial charge in [0.05, 0.1) is 0 Å². The average Bonchev–Trinajstić information content (AvgIpc) is 2.00. The highest BCUT2D eigenvalue weighted by Crippen LogP contribution is 2.06. The maximum atomic E-state index is 5.59. The van der Waals surface area contributed by atoms with Crippen molar-refractivity contribution < 1.29 is 0 Å². The third-order valence-corrected chi connectivity index (χ3v) is 1.71. The van der Waals surface area contributed by atoms with E-state index in [-0.39, 0.29) is 6.04 Å². The molecule has 0 bridgehead atoms. The molecular weight excluding hydrogens is 150 g/mol. The Morgan fingerprint density at radius 1 is 1.58 bits per heavy atom. The lowest BCUT2D eigenvalue weighted by molar-refractivity contribution is 0.623. The molecule has 0 heterocycles. The lowest BCUT2D eigenvalue weighted by Gasteiger charge is -2.15. The lowest BCUT2D eigenvalue weighted by Crippen LogP contribution is -2.31. The lowest BCUT2D eigenvalue weighted by atomic mass is 10.1. The van der Waals surface area contributed by atoms with Gasteiger partial charge in [0.15, 0.2) is 0 Å². The van der Waals surface area contributed by atoms with E-state index in [1.807, 2.05) is 20.3 Å². The van der Waals surface area contributed by atoms with E-state index in [2.05, 4.69) is 24.1 Å². The maximum Gasteiger partial charge on any atom is 0.0497 e. The first-order valence-electron chi connectivity index (χ1n) is 4.06. The minimum atomic E-state index is 0.176. The van der Waals surface area contributed by atoms with Crippen molar-refractivity contribution in [1.29, 1.82) is 0 Å². The van der Waals surface area contributed by atoms with Crippen LogP contribution in [0.25, 0.3) is 0 Å². The van der Waals surface area contributed by atoms with Crippen LogP contribution in [0.5, 0.6) is 0 Å². The van der Waals surface area contributed by atoms with Gasteiger partial charge in [0.25, 0.3) is 0 Å². The van der Waals surface area contributed by atoms with E-state index in [1.165, 1.54) is 5.57 Å². The average molecular weight is 169 g/mol. The van der Waals surface area contributed by atoms with E-state index in [4.69, 9.17) is 5.73 Å². The monoisotopic (exact) mass is 169 g/mol. The van der Waals surface area contributed by atoms with Crippen molar-refractivity contribution in [2.45, 2.75) is 19.4 Å². The third kappa shape index (κ3) is 4.03. The standard InChI is InChI=1S/C9H19N3/c1-7(6-11-3)5-9(12-4)8(2)10/h6,9,11-12H,2,5,10H2,1,3-4H3. The molecular formula is C9H19N3. The molecule has 0 amide bonds. The Hall–Kier alpha value is -0.960. The largest absolute Gasteiger partial charge is 0.401 e. The number of hydrogen-bond acceptors (Lipinski definition) is 3. The SMILES string of the molecule is C=C(N)C(CC(C)=CNC)NC. The summed E-state index contributed by atoms with van der Waals surface area (Å²) in [6, 6.07) is 0.176. The van der Waals surface area contributed by atoms with Gasteiger partial charge in [0.2, 0.25) is 0 Å². The maximum absolute atomic E-state index is 5.59. The van der Waals surface area contributed by atoms with Crippen LogP contribution in [0.2, 0.25) is 0 Å². The summed E-state index contributed by atoms with van der Waals surface area (Å²) in [5.74, 6) is 0. The Bertz CT molecular complexity index is 173. The number of rotatable bonds is 5. The van der Waals surface area contributed by atoms with Gasteiger partial charge in [-0.3, -0.25) is 0 Å². The van der Waals surface area contributed by atoms with Crippen LogP contribution in [-0.2, 0) is 0 Å². The van der Waals surface area contributed by atoms with Crippen LogP contribution in [0.3, 0.4) is 0 Å². The molecule has 70 valence electrons. The summed E-state index contributed by atoms with van der Waals surface area (Å²) in [7, 11) is 3.77. The van der Waals surface area contributed by atoms with Crippen LogP contribution in [-0.4, -0.2) is 20.1 Å².